The highest BCUT2D eigenvalue weighted by molar-refractivity contribution is 6.35. The number of nitrogens with one attached hydrogen (secondary N) is 2. The molecular weight excluding hydrogens is 307 g/mol. The quantitative estimate of drug-likeness (QED) is 0.815. The molecule has 0 saturated carbocycles. The molecule has 2 aromatic rings. The molecule has 2 rings (SSSR count). The lowest BCUT2D eigenvalue weighted by molar-refractivity contribution is 0.242. The van der Waals surface area contributed by atoms with Crippen LogP contribution < -0.4 is 10.6 Å². The molecule has 5 heteroatoms. The zero-order valence-corrected chi connectivity index (χ0v) is 13.3. The number of urea groups is 1. The van der Waals surface area contributed by atoms with Gasteiger partial charge in [-0.2, -0.15) is 0 Å². The zero-order valence-electron chi connectivity index (χ0n) is 11.8. The van der Waals surface area contributed by atoms with Crippen LogP contribution >= 0.6 is 23.2 Å². The number of amides is 2. The van der Waals surface area contributed by atoms with E-state index >= 15 is 0 Å². The van der Waals surface area contributed by atoms with Crippen molar-refractivity contribution in [1.82, 2.24) is 5.32 Å². The fourth-order valence-electron chi connectivity index (χ4n) is 2.03. The van der Waals surface area contributed by atoms with Crippen LogP contribution in [0.3, 0.4) is 0 Å². The normalized spacial score (nSPS) is 11.0. The van der Waals surface area contributed by atoms with Gasteiger partial charge in [-0.1, -0.05) is 47.5 Å². The van der Waals surface area contributed by atoms with Gasteiger partial charge < -0.3 is 10.6 Å². The van der Waals surface area contributed by atoms with E-state index in [1.54, 1.807) is 12.1 Å². The van der Waals surface area contributed by atoms with Crippen LogP contribution in [0.25, 0.3) is 0 Å². The summed E-state index contributed by atoms with van der Waals surface area (Å²) < 4.78 is 0. The van der Waals surface area contributed by atoms with Gasteiger partial charge in [0.05, 0.1) is 5.54 Å². The van der Waals surface area contributed by atoms with E-state index in [1.165, 1.54) is 0 Å². The van der Waals surface area contributed by atoms with Crippen LogP contribution in [0.1, 0.15) is 19.4 Å². The summed E-state index contributed by atoms with van der Waals surface area (Å²) in [5, 5.41) is 6.77. The van der Waals surface area contributed by atoms with E-state index in [2.05, 4.69) is 10.6 Å². The lowest BCUT2D eigenvalue weighted by Gasteiger charge is -2.28. The van der Waals surface area contributed by atoms with Crippen molar-refractivity contribution in [2.45, 2.75) is 19.4 Å². The maximum atomic E-state index is 12.1. The Morgan fingerprint density at radius 3 is 2.33 bits per heavy atom. The fourth-order valence-corrected chi connectivity index (χ4v) is 2.68. The van der Waals surface area contributed by atoms with Gasteiger partial charge in [-0.05, 0) is 43.7 Å². The predicted octanol–water partition coefficient (Wildman–Crippen LogP) is 5.05. The number of hydrogen-bond donors (Lipinski definition) is 2. The van der Waals surface area contributed by atoms with Gasteiger partial charge in [0.15, 0.2) is 0 Å². The van der Waals surface area contributed by atoms with Gasteiger partial charge in [0.25, 0.3) is 0 Å². The molecule has 0 unspecified atom stereocenters. The maximum Gasteiger partial charge on any atom is 0.319 e. The summed E-state index contributed by atoms with van der Waals surface area (Å²) in [4.78, 5) is 12.1. The smallest absolute Gasteiger partial charge is 0.319 e. The van der Waals surface area contributed by atoms with E-state index in [0.717, 1.165) is 11.3 Å². The summed E-state index contributed by atoms with van der Waals surface area (Å²) >= 11 is 12.1. The van der Waals surface area contributed by atoms with Crippen LogP contribution in [0.5, 0.6) is 0 Å². The second kappa shape index (κ2) is 6.37. The van der Waals surface area contributed by atoms with E-state index in [1.807, 2.05) is 50.2 Å². The number of benzene rings is 2. The van der Waals surface area contributed by atoms with Crippen molar-refractivity contribution >= 4 is 34.9 Å². The molecule has 3 nitrogen and oxygen atoms in total. The Kier molecular flexibility index (Phi) is 4.76. The minimum atomic E-state index is -0.624. The highest BCUT2D eigenvalue weighted by Crippen LogP contribution is 2.30. The number of rotatable bonds is 3. The molecular formula is C16H16Cl2N2O. The standard InChI is InChI=1S/C16H16Cl2N2O/c1-16(2,13-9-8-11(17)10-14(13)18)20-15(21)19-12-6-4-3-5-7-12/h3-10H,1-2H3,(H2,19,20,21). The molecule has 0 heterocycles. The Bertz CT molecular complexity index is 642. The largest absolute Gasteiger partial charge is 0.329 e. The molecule has 0 fully saturated rings. The Morgan fingerprint density at radius 1 is 1.05 bits per heavy atom. The van der Waals surface area contributed by atoms with Crippen LogP contribution in [-0.4, -0.2) is 6.03 Å². The molecule has 0 spiro atoms. The van der Waals surface area contributed by atoms with E-state index in [0.29, 0.717) is 10.0 Å². The molecule has 0 aromatic heterocycles. The first kappa shape index (κ1) is 15.7. The van der Waals surface area contributed by atoms with E-state index in [-0.39, 0.29) is 6.03 Å². The molecule has 0 bridgehead atoms. The van der Waals surface area contributed by atoms with Crippen molar-refractivity contribution in [3.63, 3.8) is 0 Å². The number of anilines is 1. The van der Waals surface area contributed by atoms with Gasteiger partial charge in [0, 0.05) is 15.7 Å². The van der Waals surface area contributed by atoms with Crippen molar-refractivity contribution in [3.05, 3.63) is 64.1 Å². The molecule has 0 aliphatic carbocycles. The van der Waals surface area contributed by atoms with Gasteiger partial charge in [-0.25, -0.2) is 4.79 Å². The van der Waals surface area contributed by atoms with Crippen LogP contribution in [0.2, 0.25) is 10.0 Å². The van der Waals surface area contributed by atoms with Crippen LogP contribution in [0.15, 0.2) is 48.5 Å². The molecule has 21 heavy (non-hydrogen) atoms. The third kappa shape index (κ3) is 4.13. The number of hydrogen-bond acceptors (Lipinski definition) is 1. The van der Waals surface area contributed by atoms with Crippen LogP contribution in [-0.2, 0) is 5.54 Å². The van der Waals surface area contributed by atoms with Crippen LogP contribution in [0, 0.1) is 0 Å². The Hall–Kier alpha value is -1.71. The van der Waals surface area contributed by atoms with Crippen molar-refractivity contribution in [2.75, 3.05) is 5.32 Å². The summed E-state index contributed by atoms with van der Waals surface area (Å²) in [6, 6.07) is 14.2. The van der Waals surface area contributed by atoms with Crippen molar-refractivity contribution in [2.24, 2.45) is 0 Å². The van der Waals surface area contributed by atoms with Gasteiger partial charge in [0.1, 0.15) is 0 Å². The van der Waals surface area contributed by atoms with Crippen molar-refractivity contribution in [1.29, 1.82) is 0 Å². The number of halogens is 2. The first-order valence-electron chi connectivity index (χ1n) is 6.48. The maximum absolute atomic E-state index is 12.1. The van der Waals surface area contributed by atoms with E-state index in [4.69, 9.17) is 23.2 Å². The Morgan fingerprint density at radius 2 is 1.71 bits per heavy atom. The van der Waals surface area contributed by atoms with Gasteiger partial charge in [-0.15, -0.1) is 0 Å². The van der Waals surface area contributed by atoms with E-state index < -0.39 is 5.54 Å². The Balaban J connectivity index is 2.11. The lowest BCUT2D eigenvalue weighted by atomic mass is 9.94. The average molecular weight is 323 g/mol. The second-order valence-corrected chi connectivity index (χ2v) is 6.04. The average Bonchev–Trinajstić information content (AvgIpc) is 2.38. The van der Waals surface area contributed by atoms with Gasteiger partial charge >= 0.3 is 6.03 Å². The van der Waals surface area contributed by atoms with Crippen LogP contribution in [0.4, 0.5) is 10.5 Å². The summed E-state index contributed by atoms with van der Waals surface area (Å²) in [5.41, 5.74) is 0.908. The first-order valence-corrected chi connectivity index (χ1v) is 7.24. The predicted molar refractivity (Wildman–Crippen MR) is 88.1 cm³/mol. The number of carbonyl (C=O) groups excluding carboxylic acids is 1. The minimum Gasteiger partial charge on any atom is -0.329 e. The highest BCUT2D eigenvalue weighted by atomic mass is 35.5. The van der Waals surface area contributed by atoms with Gasteiger partial charge in [-0.3, -0.25) is 0 Å². The summed E-state index contributed by atoms with van der Waals surface area (Å²) in [7, 11) is 0. The third-order valence-corrected chi connectivity index (χ3v) is 3.61. The van der Waals surface area contributed by atoms with E-state index in [9.17, 15) is 4.79 Å². The molecule has 0 radical (unpaired) electrons. The number of carbonyl (C=O) groups is 1. The second-order valence-electron chi connectivity index (χ2n) is 5.19. The van der Waals surface area contributed by atoms with Crippen molar-refractivity contribution < 1.29 is 4.79 Å². The molecule has 0 aliphatic rings. The summed E-state index contributed by atoms with van der Waals surface area (Å²) in [6.45, 7) is 3.76. The Labute approximate surface area is 134 Å². The molecule has 2 N–H and O–H groups in total. The molecule has 2 aromatic carbocycles. The molecule has 0 saturated heterocycles. The molecule has 0 aliphatic heterocycles. The van der Waals surface area contributed by atoms with Crippen molar-refractivity contribution in [3.8, 4) is 0 Å². The molecule has 2 amide bonds. The minimum absolute atomic E-state index is 0.294. The fraction of sp³-hybridized carbons (Fsp3) is 0.188. The number of para-hydroxylation sites is 1. The topological polar surface area (TPSA) is 41.1 Å². The molecule has 110 valence electrons. The van der Waals surface area contributed by atoms with Gasteiger partial charge in [0.2, 0.25) is 0 Å². The first-order chi connectivity index (χ1) is 9.88. The summed E-state index contributed by atoms with van der Waals surface area (Å²) in [5.74, 6) is 0. The summed E-state index contributed by atoms with van der Waals surface area (Å²) in [6.07, 6.45) is 0. The zero-order chi connectivity index (χ0) is 15.5. The third-order valence-electron chi connectivity index (χ3n) is 3.06. The lowest BCUT2D eigenvalue weighted by Crippen LogP contribution is -2.43. The molecule has 0 atom stereocenters. The monoisotopic (exact) mass is 322 g/mol. The highest BCUT2D eigenvalue weighted by Gasteiger charge is 2.25. The SMILES string of the molecule is CC(C)(NC(=O)Nc1ccccc1)c1ccc(Cl)cc1Cl.